The molecule has 0 spiro atoms. The Bertz CT molecular complexity index is 71.3. The van der Waals surface area contributed by atoms with Crippen LogP contribution >= 0.6 is 0 Å². The van der Waals surface area contributed by atoms with E-state index in [-0.39, 0.29) is 26.9 Å². The second-order valence-electron chi connectivity index (χ2n) is 5.12. The van der Waals surface area contributed by atoms with Crippen LogP contribution in [0, 0.1) is 20.5 Å². The molecule has 0 aromatic rings. The van der Waals surface area contributed by atoms with E-state index in [1.54, 1.807) is 0 Å². The summed E-state index contributed by atoms with van der Waals surface area (Å²) in [4.78, 5) is 7.50. The fourth-order valence-electron chi connectivity index (χ4n) is 0. The van der Waals surface area contributed by atoms with Crippen LogP contribution < -0.4 is 0 Å². The van der Waals surface area contributed by atoms with Gasteiger partial charge in [0.1, 0.15) is 0 Å². The van der Waals surface area contributed by atoms with Crippen molar-refractivity contribution >= 4 is 22.9 Å². The molecule has 0 amide bonds. The monoisotopic (exact) mass is 319 g/mol. The zero-order valence-corrected chi connectivity index (χ0v) is 14.4. The van der Waals surface area contributed by atoms with Crippen molar-refractivity contribution in [2.45, 2.75) is 39.3 Å². The summed E-state index contributed by atoms with van der Waals surface area (Å²) in [7, 11) is -1.72. The molecule has 0 heterocycles. The van der Waals surface area contributed by atoms with E-state index in [2.05, 4.69) is 59.2 Å². The summed E-state index contributed by atoms with van der Waals surface area (Å²) in [5.41, 5.74) is 0. The van der Waals surface area contributed by atoms with Crippen LogP contribution in [0.15, 0.2) is 0 Å². The number of rotatable bonds is 0. The summed E-state index contributed by atoms with van der Waals surface area (Å²) in [5, 5.41) is 0. The molecule has 0 rings (SSSR count). The first-order chi connectivity index (χ1) is 5.00. The van der Waals surface area contributed by atoms with Crippen LogP contribution in [0.5, 0.6) is 0 Å². The summed E-state index contributed by atoms with van der Waals surface area (Å²) < 4.78 is 0. The molecule has 1 nitrogen and oxygen atoms in total. The molecule has 0 bridgehead atoms. The number of hydrogen-bond acceptors (Lipinski definition) is 1. The number of carbonyl (C=O) groups excluding carboxylic acids is 1. The van der Waals surface area contributed by atoms with E-state index < -0.39 is 16.1 Å². The third kappa shape index (κ3) is 3310. The van der Waals surface area contributed by atoms with Gasteiger partial charge in [-0.2, -0.15) is 0 Å². The van der Waals surface area contributed by atoms with Gasteiger partial charge in [0.25, 0.3) is 0 Å². The van der Waals surface area contributed by atoms with Crippen LogP contribution in [0.4, 0.5) is 0 Å². The average molecular weight is 319 g/mol. The Balaban J connectivity index is -0.0000000292. The Morgan fingerprint density at radius 3 is 0.786 bits per heavy atom. The second-order valence-corrected chi connectivity index (χ2v) is 15.4. The van der Waals surface area contributed by atoms with Crippen LogP contribution in [0.3, 0.4) is 0 Å². The first kappa shape index (κ1) is 29.3. The molecule has 0 N–H and O–H groups in total. The van der Waals surface area contributed by atoms with Crippen LogP contribution in [0.25, 0.3) is 0 Å². The van der Waals surface area contributed by atoms with E-state index in [0.29, 0.717) is 0 Å². The first-order valence-corrected chi connectivity index (χ1v) is 11.3. The molecule has 14 heavy (non-hydrogen) atoms. The molecule has 0 aromatic carbocycles. The molecular formula is C10H25ORuSi2. The van der Waals surface area contributed by atoms with Gasteiger partial charge in [-0.05, 0) is 0 Å². The SMILES string of the molecule is [C-]=O.[CH2-][Si](C)(C)C.[CH2-][Si](C)(C)C.[CH3-].[Ru+4]. The topological polar surface area (TPSA) is 17.1 Å². The Labute approximate surface area is 107 Å². The minimum absolute atomic E-state index is 0. The second kappa shape index (κ2) is 13.7. The van der Waals surface area contributed by atoms with Gasteiger partial charge in [0.2, 0.25) is 0 Å². The van der Waals surface area contributed by atoms with Crippen molar-refractivity contribution in [2.75, 3.05) is 0 Å². The predicted molar refractivity (Wildman–Crippen MR) is 69.5 cm³/mol. The molecular weight excluding hydrogens is 293 g/mol. The van der Waals surface area contributed by atoms with Crippen LogP contribution in [0.2, 0.25) is 39.3 Å². The molecule has 0 aliphatic rings. The van der Waals surface area contributed by atoms with Crippen molar-refractivity contribution in [1.82, 2.24) is 0 Å². The summed E-state index contributed by atoms with van der Waals surface area (Å²) >= 11 is 0. The van der Waals surface area contributed by atoms with Gasteiger partial charge in [-0.15, -0.1) is 16.1 Å². The van der Waals surface area contributed by atoms with Gasteiger partial charge in [0, 0.05) is 0 Å². The molecule has 0 saturated carbocycles. The van der Waals surface area contributed by atoms with Crippen molar-refractivity contribution in [1.29, 1.82) is 0 Å². The Hall–Kier alpha value is 0.727. The molecule has 0 unspecified atom stereocenters. The number of hydrogen-bond donors (Lipinski definition) is 0. The third-order valence-corrected chi connectivity index (χ3v) is 0. The van der Waals surface area contributed by atoms with Crippen molar-refractivity contribution in [3.8, 4) is 0 Å². The maximum atomic E-state index is 7.50. The zero-order chi connectivity index (χ0) is 11.0. The van der Waals surface area contributed by atoms with Gasteiger partial charge in [-0.1, -0.05) is 39.3 Å². The Morgan fingerprint density at radius 1 is 0.786 bits per heavy atom. The van der Waals surface area contributed by atoms with Gasteiger partial charge in [0.05, 0.1) is 0 Å². The smallest absolute Gasteiger partial charge is 0.573 e. The van der Waals surface area contributed by atoms with Crippen molar-refractivity contribution < 1.29 is 24.3 Å². The van der Waals surface area contributed by atoms with Crippen molar-refractivity contribution in [3.63, 3.8) is 0 Å². The standard InChI is InChI=1S/2C4H11Si.CO.CH3.Ru/c2*1-5(2,3)4;1-2;;/h2*1H2,2-4H3;;1H3;/q4*-1;+4. The van der Waals surface area contributed by atoms with Gasteiger partial charge < -0.3 is 32.1 Å². The first-order valence-electron chi connectivity index (χ1n) is 3.91. The van der Waals surface area contributed by atoms with E-state index in [1.165, 1.54) is 0 Å². The molecule has 0 aliphatic carbocycles. The quantitative estimate of drug-likeness (QED) is 0.494. The van der Waals surface area contributed by atoms with E-state index in [9.17, 15) is 0 Å². The fourth-order valence-corrected chi connectivity index (χ4v) is 0. The Morgan fingerprint density at radius 2 is 0.786 bits per heavy atom. The van der Waals surface area contributed by atoms with Gasteiger partial charge >= 0.3 is 19.5 Å². The van der Waals surface area contributed by atoms with E-state index in [1.807, 2.05) is 0 Å². The molecule has 1 radical (unpaired) electrons. The minimum atomic E-state index is -0.861. The van der Waals surface area contributed by atoms with Gasteiger partial charge in [-0.25, -0.2) is 0 Å². The van der Waals surface area contributed by atoms with Gasteiger partial charge in [0.15, 0.2) is 0 Å². The molecule has 0 saturated heterocycles. The summed E-state index contributed by atoms with van der Waals surface area (Å²) in [6, 6.07) is 0. The summed E-state index contributed by atoms with van der Waals surface area (Å²) in [6.45, 7) is 25.6. The summed E-state index contributed by atoms with van der Waals surface area (Å²) in [6.07, 6.45) is 0. The summed E-state index contributed by atoms with van der Waals surface area (Å²) in [5.74, 6) is 0. The van der Waals surface area contributed by atoms with Gasteiger partial charge in [-0.3, -0.25) is 0 Å². The molecule has 87 valence electrons. The van der Waals surface area contributed by atoms with Crippen LogP contribution in [0.1, 0.15) is 0 Å². The minimum Gasteiger partial charge on any atom is -0.573 e. The fraction of sp³-hybridized carbons (Fsp3) is 0.600. The predicted octanol–water partition coefficient (Wildman–Crippen LogP) is 3.45. The van der Waals surface area contributed by atoms with Crippen LogP contribution in [-0.4, -0.2) is 22.9 Å². The largest absolute Gasteiger partial charge is 4.00 e. The van der Waals surface area contributed by atoms with Crippen molar-refractivity contribution in [3.05, 3.63) is 20.5 Å². The van der Waals surface area contributed by atoms with E-state index >= 15 is 0 Å². The van der Waals surface area contributed by atoms with E-state index in [0.717, 1.165) is 0 Å². The normalized spacial score (nSPS) is 8.86. The third-order valence-electron chi connectivity index (χ3n) is 0. The Kier molecular flexibility index (Phi) is 28.8. The van der Waals surface area contributed by atoms with Crippen LogP contribution in [-0.2, 0) is 24.3 Å². The molecule has 4 heteroatoms. The maximum Gasteiger partial charge on any atom is 4.00 e. The molecule has 0 aliphatic heterocycles. The maximum absolute atomic E-state index is 7.50. The molecule has 0 aromatic heterocycles. The van der Waals surface area contributed by atoms with Crippen molar-refractivity contribution in [2.24, 2.45) is 0 Å². The zero-order valence-electron chi connectivity index (χ0n) is 10.7. The average Bonchev–Trinajstić information content (AvgIpc) is 1.59. The molecule has 0 fully saturated rings. The molecule has 0 atom stereocenters. The van der Waals surface area contributed by atoms with E-state index in [4.69, 9.17) is 4.79 Å².